The lowest BCUT2D eigenvalue weighted by atomic mass is 10.0. The van der Waals surface area contributed by atoms with E-state index in [9.17, 15) is 0 Å². The highest BCUT2D eigenvalue weighted by molar-refractivity contribution is 9.10. The molecule has 2 aromatic rings. The largest absolute Gasteiger partial charge is 0.271 e. The Kier molecular flexibility index (Phi) is 4.29. The Hall–Kier alpha value is -0.590. The lowest BCUT2D eigenvalue weighted by molar-refractivity contribution is 0.573. The van der Waals surface area contributed by atoms with Gasteiger partial charge in [0.1, 0.15) is 0 Å². The lowest BCUT2D eigenvalue weighted by Gasteiger charge is -2.18. The average Bonchev–Trinajstić information content (AvgIpc) is 2.66. The average molecular weight is 350 g/mol. The summed E-state index contributed by atoms with van der Waals surface area (Å²) in [5.74, 6) is 5.63. The van der Waals surface area contributed by atoms with Crippen LogP contribution in [0.25, 0.3) is 0 Å². The second-order valence-corrected chi connectivity index (χ2v) is 5.44. The normalized spacial score (nSPS) is 12.7. The summed E-state index contributed by atoms with van der Waals surface area (Å²) in [5, 5.41) is 5.17. The molecule has 2 rings (SSSR count). The molecule has 0 aliphatic carbocycles. The van der Waals surface area contributed by atoms with E-state index < -0.39 is 0 Å². The smallest absolute Gasteiger partial charge is 0.0890 e. The van der Waals surface area contributed by atoms with Gasteiger partial charge in [-0.1, -0.05) is 29.3 Å². The molecule has 1 heterocycles. The van der Waals surface area contributed by atoms with Gasteiger partial charge < -0.3 is 0 Å². The molecule has 4 nitrogen and oxygen atoms in total. The summed E-state index contributed by atoms with van der Waals surface area (Å²) < 4.78 is 2.62. The van der Waals surface area contributed by atoms with Crippen LogP contribution < -0.4 is 11.3 Å². The first-order valence-electron chi connectivity index (χ1n) is 5.13. The summed E-state index contributed by atoms with van der Waals surface area (Å²) in [6.07, 6.45) is 1.72. The van der Waals surface area contributed by atoms with Crippen LogP contribution in [0.2, 0.25) is 10.0 Å². The van der Waals surface area contributed by atoms with Gasteiger partial charge in [0.15, 0.2) is 0 Å². The molecule has 0 spiro atoms. The number of nitrogens with two attached hydrogens (primary N) is 1. The Morgan fingerprint density at radius 2 is 2.11 bits per heavy atom. The number of aryl methyl sites for hydroxylation is 1. The van der Waals surface area contributed by atoms with E-state index in [4.69, 9.17) is 29.0 Å². The minimum atomic E-state index is -0.221. The van der Waals surface area contributed by atoms with Gasteiger partial charge in [-0.15, -0.1) is 0 Å². The summed E-state index contributed by atoms with van der Waals surface area (Å²) in [6, 6.07) is 5.18. The van der Waals surface area contributed by atoms with Gasteiger partial charge in [-0.3, -0.25) is 10.5 Å². The molecule has 0 bridgehead atoms. The first kappa shape index (κ1) is 13.8. The predicted molar refractivity (Wildman–Crippen MR) is 76.5 cm³/mol. The van der Waals surface area contributed by atoms with Gasteiger partial charge in [-0.05, 0) is 33.6 Å². The molecule has 0 fully saturated rings. The number of halogens is 3. The number of nitrogens with one attached hydrogen (secondary N) is 1. The summed E-state index contributed by atoms with van der Waals surface area (Å²) in [6.45, 7) is 0. The predicted octanol–water partition coefficient (Wildman–Crippen LogP) is 3.04. The lowest BCUT2D eigenvalue weighted by Crippen LogP contribution is -2.30. The molecule has 0 saturated heterocycles. The zero-order valence-corrected chi connectivity index (χ0v) is 12.6. The van der Waals surface area contributed by atoms with E-state index >= 15 is 0 Å². The molecule has 1 aromatic carbocycles. The number of aromatic nitrogens is 2. The maximum atomic E-state index is 6.02. The second-order valence-electron chi connectivity index (χ2n) is 3.77. The first-order valence-corrected chi connectivity index (χ1v) is 6.68. The number of hydrazine groups is 1. The molecule has 1 atom stereocenters. The fourth-order valence-corrected chi connectivity index (χ4v) is 2.65. The topological polar surface area (TPSA) is 55.9 Å². The fourth-order valence-electron chi connectivity index (χ4n) is 1.77. The standard InChI is InChI=1S/C11H11BrCl2N4/c1-18-11(7(12)5-16-18)10(17-15)6-2-3-8(13)9(14)4-6/h2-5,10,17H,15H2,1H3. The molecule has 7 heteroatoms. The van der Waals surface area contributed by atoms with E-state index in [1.54, 1.807) is 23.0 Å². The molecule has 0 radical (unpaired) electrons. The first-order chi connectivity index (χ1) is 8.54. The monoisotopic (exact) mass is 348 g/mol. The molecule has 0 aliphatic heterocycles. The van der Waals surface area contributed by atoms with Gasteiger partial charge in [0, 0.05) is 7.05 Å². The third-order valence-corrected chi connectivity index (χ3v) is 4.00. The zero-order valence-electron chi connectivity index (χ0n) is 9.49. The minimum absolute atomic E-state index is 0.221. The quantitative estimate of drug-likeness (QED) is 0.661. The molecular weight excluding hydrogens is 339 g/mol. The van der Waals surface area contributed by atoms with Crippen molar-refractivity contribution in [2.45, 2.75) is 6.04 Å². The van der Waals surface area contributed by atoms with Gasteiger partial charge in [-0.25, -0.2) is 5.43 Å². The highest BCUT2D eigenvalue weighted by Crippen LogP contribution is 2.31. The van der Waals surface area contributed by atoms with Gasteiger partial charge in [0.05, 0.1) is 32.5 Å². The maximum Gasteiger partial charge on any atom is 0.0890 e. The van der Waals surface area contributed by atoms with Crippen LogP contribution >= 0.6 is 39.1 Å². The van der Waals surface area contributed by atoms with Crippen molar-refractivity contribution < 1.29 is 0 Å². The minimum Gasteiger partial charge on any atom is -0.271 e. The van der Waals surface area contributed by atoms with Crippen molar-refractivity contribution >= 4 is 39.1 Å². The summed E-state index contributed by atoms with van der Waals surface area (Å²) in [5.41, 5.74) is 4.58. The maximum absolute atomic E-state index is 6.02. The third-order valence-electron chi connectivity index (χ3n) is 2.65. The van der Waals surface area contributed by atoms with Crippen molar-refractivity contribution in [1.29, 1.82) is 0 Å². The van der Waals surface area contributed by atoms with Gasteiger partial charge in [0.25, 0.3) is 0 Å². The Bertz CT molecular complexity index is 551. The Morgan fingerprint density at radius 3 is 2.61 bits per heavy atom. The van der Waals surface area contributed by atoms with Gasteiger partial charge >= 0.3 is 0 Å². The van der Waals surface area contributed by atoms with Crippen LogP contribution in [0.15, 0.2) is 28.9 Å². The van der Waals surface area contributed by atoms with Crippen molar-refractivity contribution in [2.75, 3.05) is 0 Å². The van der Waals surface area contributed by atoms with Crippen molar-refractivity contribution in [2.24, 2.45) is 12.9 Å². The summed E-state index contributed by atoms with van der Waals surface area (Å²) >= 11 is 15.4. The van der Waals surface area contributed by atoms with Crippen molar-refractivity contribution in [3.63, 3.8) is 0 Å². The SMILES string of the molecule is Cn1ncc(Br)c1C(NN)c1ccc(Cl)c(Cl)c1. The van der Waals surface area contributed by atoms with Crippen LogP contribution in [0.1, 0.15) is 17.3 Å². The molecule has 1 aromatic heterocycles. The number of hydrogen-bond acceptors (Lipinski definition) is 3. The second kappa shape index (κ2) is 5.59. The number of benzene rings is 1. The van der Waals surface area contributed by atoms with Crippen LogP contribution in [-0.4, -0.2) is 9.78 Å². The molecule has 0 amide bonds. The van der Waals surface area contributed by atoms with E-state index in [1.165, 1.54) is 0 Å². The Balaban J connectivity index is 2.48. The molecule has 0 saturated carbocycles. The van der Waals surface area contributed by atoms with Crippen LogP contribution in [-0.2, 0) is 7.05 Å². The zero-order chi connectivity index (χ0) is 13.3. The highest BCUT2D eigenvalue weighted by atomic mass is 79.9. The van der Waals surface area contributed by atoms with E-state index in [2.05, 4.69) is 26.5 Å². The highest BCUT2D eigenvalue weighted by Gasteiger charge is 2.20. The fraction of sp³-hybridized carbons (Fsp3) is 0.182. The van der Waals surface area contributed by atoms with Crippen LogP contribution in [0.4, 0.5) is 0 Å². The van der Waals surface area contributed by atoms with E-state index in [1.807, 2.05) is 13.1 Å². The summed E-state index contributed by atoms with van der Waals surface area (Å²) in [4.78, 5) is 0. The van der Waals surface area contributed by atoms with Crippen LogP contribution in [0.3, 0.4) is 0 Å². The van der Waals surface area contributed by atoms with Crippen molar-refractivity contribution in [1.82, 2.24) is 15.2 Å². The van der Waals surface area contributed by atoms with E-state index in [-0.39, 0.29) is 6.04 Å². The van der Waals surface area contributed by atoms with Gasteiger partial charge in [0.2, 0.25) is 0 Å². The van der Waals surface area contributed by atoms with Crippen molar-refractivity contribution in [3.8, 4) is 0 Å². The van der Waals surface area contributed by atoms with Gasteiger partial charge in [-0.2, -0.15) is 5.10 Å². The molecule has 96 valence electrons. The molecule has 0 aliphatic rings. The van der Waals surface area contributed by atoms with Crippen LogP contribution in [0.5, 0.6) is 0 Å². The van der Waals surface area contributed by atoms with Crippen molar-refractivity contribution in [3.05, 3.63) is 50.2 Å². The summed E-state index contributed by atoms with van der Waals surface area (Å²) in [7, 11) is 1.85. The Morgan fingerprint density at radius 1 is 1.39 bits per heavy atom. The molecule has 3 N–H and O–H groups in total. The van der Waals surface area contributed by atoms with Crippen LogP contribution in [0, 0.1) is 0 Å². The third kappa shape index (κ3) is 2.55. The van der Waals surface area contributed by atoms with E-state index in [0.717, 1.165) is 15.7 Å². The van der Waals surface area contributed by atoms with E-state index in [0.29, 0.717) is 10.0 Å². The molecule has 18 heavy (non-hydrogen) atoms. The Labute approximate surface area is 123 Å². The number of rotatable bonds is 3. The molecule has 1 unspecified atom stereocenters. The number of hydrogen-bond donors (Lipinski definition) is 2. The number of nitrogens with zero attached hydrogens (tertiary/aromatic N) is 2. The molecular formula is C11H11BrCl2N4.